The van der Waals surface area contributed by atoms with Crippen LogP contribution in [0.25, 0.3) is 0 Å². The van der Waals surface area contributed by atoms with Crippen LogP contribution in [0.3, 0.4) is 0 Å². The summed E-state index contributed by atoms with van der Waals surface area (Å²) in [5.74, 6) is -0.567. The van der Waals surface area contributed by atoms with Crippen LogP contribution in [0.2, 0.25) is 0 Å². The van der Waals surface area contributed by atoms with Gasteiger partial charge in [0.25, 0.3) is 0 Å². The smallest absolute Gasteiger partial charge is 0.306 e. The van der Waals surface area contributed by atoms with Crippen LogP contribution in [0.4, 0.5) is 0 Å². The lowest BCUT2D eigenvalue weighted by molar-refractivity contribution is -0.161. The molecule has 1 N–H and O–H groups in total. The second kappa shape index (κ2) is 78.3. The van der Waals surface area contributed by atoms with E-state index in [0.29, 0.717) is 12.8 Å². The Bertz CT molecular complexity index is 1580. The lowest BCUT2D eigenvalue weighted by atomic mass is 10.0. The maximum atomic E-state index is 12.4. The highest BCUT2D eigenvalue weighted by Crippen LogP contribution is 2.19. The number of aliphatic hydroxyl groups is 1. The number of hydrogen-bond donors (Lipinski definition) is 1. The first-order valence-electron chi connectivity index (χ1n) is 39.1. The zero-order valence-electron chi connectivity index (χ0n) is 59.0. The van der Waals surface area contributed by atoms with Gasteiger partial charge in [0, 0.05) is 12.8 Å². The van der Waals surface area contributed by atoms with Crippen LogP contribution in [-0.2, 0) is 19.1 Å². The van der Waals surface area contributed by atoms with E-state index >= 15 is 0 Å². The van der Waals surface area contributed by atoms with Crippen LogP contribution in [0.5, 0.6) is 0 Å². The lowest BCUT2D eigenvalue weighted by Gasteiger charge is -2.15. The number of rotatable bonds is 73. The summed E-state index contributed by atoms with van der Waals surface area (Å²) in [6.45, 7) is 4.08. The number of carbonyl (C=O) groups excluding carboxylic acids is 2. The van der Waals surface area contributed by atoms with Gasteiger partial charge in [-0.1, -0.05) is 394 Å². The molecule has 0 aliphatic rings. The van der Waals surface area contributed by atoms with E-state index in [1.807, 2.05) is 0 Å². The lowest BCUT2D eigenvalue weighted by Crippen LogP contribution is -2.28. The third kappa shape index (κ3) is 75.5. The van der Waals surface area contributed by atoms with Crippen LogP contribution in [-0.4, -0.2) is 36.4 Å². The van der Waals surface area contributed by atoms with Crippen LogP contribution < -0.4 is 0 Å². The maximum Gasteiger partial charge on any atom is 0.306 e. The Kier molecular flexibility index (Phi) is 75.7. The van der Waals surface area contributed by atoms with E-state index in [9.17, 15) is 14.7 Å². The molecule has 0 radical (unpaired) electrons. The molecule has 0 fully saturated rings. The van der Waals surface area contributed by atoms with Crippen molar-refractivity contribution in [2.24, 2.45) is 0 Å². The Balaban J connectivity index is 3.39. The molecule has 0 bridgehead atoms. The topological polar surface area (TPSA) is 72.8 Å². The predicted octanol–water partition coefficient (Wildman–Crippen LogP) is 27.6. The molecule has 1 atom stereocenters. The van der Waals surface area contributed by atoms with Gasteiger partial charge >= 0.3 is 11.9 Å². The highest BCUT2D eigenvalue weighted by atomic mass is 16.6. The molecule has 0 saturated heterocycles. The van der Waals surface area contributed by atoms with E-state index in [2.05, 4.69) is 98.9 Å². The Morgan fingerprint density at radius 1 is 0.273 bits per heavy atom. The molecule has 0 aromatic heterocycles. The highest BCUT2D eigenvalue weighted by molar-refractivity contribution is 5.70. The van der Waals surface area contributed by atoms with Crippen molar-refractivity contribution in [3.63, 3.8) is 0 Å². The Morgan fingerprint density at radius 3 is 0.750 bits per heavy atom. The van der Waals surface area contributed by atoms with Crippen LogP contribution in [0, 0.1) is 0 Å². The summed E-state index contributed by atoms with van der Waals surface area (Å²) >= 11 is 0. The Morgan fingerprint density at radius 2 is 0.489 bits per heavy atom. The molecular formula is C83H150O5. The minimum Gasteiger partial charge on any atom is -0.462 e. The standard InChI is InChI=1S/C83H150O5/c1-3-5-7-9-11-13-15-17-19-21-23-25-27-29-31-33-35-37-38-39-40-41-42-43-44-46-48-50-52-54-56-58-60-62-64-66-68-70-72-74-76-78-83(86)88-81(79-84)80-87-82(85)77-75-73-71-69-67-65-63-61-59-57-55-53-51-49-47-45-36-34-32-30-28-26-24-22-20-18-16-14-12-10-8-6-4-2/h5,7,11,13,17,19,22-25,29,31,35,37,81,84H,3-4,6,8-10,12,14-16,18,20-21,26-28,30,32-34,36,38-80H2,1-2H3/b7-5-,13-11-,19-17-,24-22-,25-23-,31-29-,37-35-. The minimum absolute atomic E-state index is 0.0610. The third-order valence-corrected chi connectivity index (χ3v) is 17.7. The monoisotopic (exact) mass is 1230 g/mol. The summed E-state index contributed by atoms with van der Waals surface area (Å²) in [6, 6.07) is 0. The van der Waals surface area contributed by atoms with Gasteiger partial charge in [-0.05, 0) is 89.9 Å². The van der Waals surface area contributed by atoms with Gasteiger partial charge in [0.15, 0.2) is 6.10 Å². The number of esters is 2. The van der Waals surface area contributed by atoms with Crippen LogP contribution in [0.1, 0.15) is 412 Å². The average Bonchev–Trinajstić information content (AvgIpc) is 3.56. The number of allylic oxidation sites excluding steroid dienone is 14. The first-order chi connectivity index (χ1) is 43.6. The fraction of sp³-hybridized carbons (Fsp3) is 0.807. The molecule has 512 valence electrons. The summed E-state index contributed by atoms with van der Waals surface area (Å²) in [6.07, 6.45) is 111. The van der Waals surface area contributed by atoms with E-state index in [1.54, 1.807) is 0 Å². The molecule has 0 rings (SSSR count). The van der Waals surface area contributed by atoms with E-state index in [4.69, 9.17) is 9.47 Å². The van der Waals surface area contributed by atoms with E-state index in [-0.39, 0.29) is 25.2 Å². The summed E-state index contributed by atoms with van der Waals surface area (Å²) in [5.41, 5.74) is 0. The molecule has 5 nitrogen and oxygen atoms in total. The van der Waals surface area contributed by atoms with Gasteiger partial charge in [0.2, 0.25) is 0 Å². The first kappa shape index (κ1) is 85.1. The second-order valence-electron chi connectivity index (χ2n) is 26.4. The molecule has 5 heteroatoms. The molecule has 88 heavy (non-hydrogen) atoms. The van der Waals surface area contributed by atoms with Gasteiger partial charge in [0.05, 0.1) is 6.61 Å². The third-order valence-electron chi connectivity index (χ3n) is 17.7. The van der Waals surface area contributed by atoms with Crippen LogP contribution in [0.15, 0.2) is 85.1 Å². The van der Waals surface area contributed by atoms with Gasteiger partial charge in [0.1, 0.15) is 6.61 Å². The van der Waals surface area contributed by atoms with Gasteiger partial charge in [-0.15, -0.1) is 0 Å². The Labute approximate surface area is 549 Å². The molecular weight excluding hydrogens is 1080 g/mol. The van der Waals surface area contributed by atoms with Gasteiger partial charge in [-0.3, -0.25) is 9.59 Å². The average molecular weight is 1230 g/mol. The van der Waals surface area contributed by atoms with Crippen molar-refractivity contribution in [2.75, 3.05) is 13.2 Å². The molecule has 0 aliphatic heterocycles. The molecule has 1 unspecified atom stereocenters. The van der Waals surface area contributed by atoms with Gasteiger partial charge in [-0.2, -0.15) is 0 Å². The predicted molar refractivity (Wildman–Crippen MR) is 390 cm³/mol. The summed E-state index contributed by atoms with van der Waals surface area (Å²) in [5, 5.41) is 9.73. The molecule has 0 spiro atoms. The van der Waals surface area contributed by atoms with E-state index in [0.717, 1.165) is 77.0 Å². The van der Waals surface area contributed by atoms with Crippen molar-refractivity contribution >= 4 is 11.9 Å². The van der Waals surface area contributed by atoms with Crippen LogP contribution >= 0.6 is 0 Å². The molecule has 0 aromatic carbocycles. The van der Waals surface area contributed by atoms with Crippen molar-refractivity contribution in [3.05, 3.63) is 85.1 Å². The number of ether oxygens (including phenoxy) is 2. The molecule has 0 heterocycles. The molecule has 0 aromatic rings. The zero-order valence-corrected chi connectivity index (χ0v) is 59.0. The maximum absolute atomic E-state index is 12.4. The Hall–Kier alpha value is -2.92. The minimum atomic E-state index is -0.773. The fourth-order valence-corrected chi connectivity index (χ4v) is 11.9. The van der Waals surface area contributed by atoms with Crippen molar-refractivity contribution < 1.29 is 24.2 Å². The molecule has 0 saturated carbocycles. The first-order valence-corrected chi connectivity index (χ1v) is 39.1. The normalized spacial score (nSPS) is 12.6. The van der Waals surface area contributed by atoms with E-state index in [1.165, 1.54) is 308 Å². The van der Waals surface area contributed by atoms with Crippen molar-refractivity contribution in [1.82, 2.24) is 0 Å². The summed E-state index contributed by atoms with van der Waals surface area (Å²) in [7, 11) is 0. The van der Waals surface area contributed by atoms with Crippen molar-refractivity contribution in [3.8, 4) is 0 Å². The van der Waals surface area contributed by atoms with Crippen molar-refractivity contribution in [1.29, 1.82) is 0 Å². The van der Waals surface area contributed by atoms with E-state index < -0.39 is 6.10 Å². The highest BCUT2D eigenvalue weighted by Gasteiger charge is 2.16. The molecule has 0 aliphatic carbocycles. The number of hydrogen-bond acceptors (Lipinski definition) is 5. The van der Waals surface area contributed by atoms with Gasteiger partial charge in [-0.25, -0.2) is 0 Å². The summed E-state index contributed by atoms with van der Waals surface area (Å²) < 4.78 is 10.8. The largest absolute Gasteiger partial charge is 0.462 e. The van der Waals surface area contributed by atoms with Gasteiger partial charge < -0.3 is 14.6 Å². The SMILES string of the molecule is CC/C=C\C/C=C\C/C=C\C/C=C\C/C=C\C/C=C\CCCCCCCCCCCCCCCCCCCCCCCCC(=O)OC(CO)COC(=O)CCCCCCCCCCCCCCCCCCCCCCC/C=C\CCCCCCCCCC. The number of unbranched alkanes of at least 4 members (excludes halogenated alkanes) is 51. The number of aliphatic hydroxyl groups excluding tert-OH is 1. The summed E-state index contributed by atoms with van der Waals surface area (Å²) in [4.78, 5) is 24.7. The number of carbonyl (C=O) groups is 2. The fourth-order valence-electron chi connectivity index (χ4n) is 11.9. The quantitative estimate of drug-likeness (QED) is 0.0373. The molecule has 0 amide bonds. The zero-order chi connectivity index (χ0) is 63.3. The van der Waals surface area contributed by atoms with Crippen molar-refractivity contribution in [2.45, 2.75) is 418 Å². The second-order valence-corrected chi connectivity index (χ2v) is 26.4.